The van der Waals surface area contributed by atoms with Gasteiger partial charge in [0, 0.05) is 12.1 Å². The number of nitrogens with zero attached hydrogens (tertiary/aromatic N) is 3. The molecule has 0 N–H and O–H groups in total. The second kappa shape index (κ2) is 4.05. The van der Waals surface area contributed by atoms with E-state index in [1.807, 2.05) is 28.9 Å². The first kappa shape index (κ1) is 11.9. The maximum Gasteiger partial charge on any atom is 0.275 e. The van der Waals surface area contributed by atoms with Gasteiger partial charge in [-0.15, -0.1) is 0 Å². The largest absolute Gasteiger partial charge is 0.277 e. The van der Waals surface area contributed by atoms with Gasteiger partial charge in [0.25, 0.3) is 11.2 Å². The summed E-state index contributed by atoms with van der Waals surface area (Å²) in [6.07, 6.45) is 0. The molecule has 3 aromatic rings. The van der Waals surface area contributed by atoms with Crippen LogP contribution in [0, 0.1) is 10.1 Å². The van der Waals surface area contributed by atoms with Gasteiger partial charge < -0.3 is 0 Å². The summed E-state index contributed by atoms with van der Waals surface area (Å²) in [6, 6.07) is 12.4. The van der Waals surface area contributed by atoms with Crippen molar-refractivity contribution in [2.45, 2.75) is 13.1 Å². The Hall–Kier alpha value is -2.89. The molecule has 0 unspecified atom stereocenters. The van der Waals surface area contributed by atoms with Gasteiger partial charge in [0.2, 0.25) is 0 Å². The molecule has 2 aromatic carbocycles. The lowest BCUT2D eigenvalue weighted by atomic mass is 10.1. The Morgan fingerprint density at radius 2 is 1.67 bits per heavy atom. The Morgan fingerprint density at radius 1 is 1.00 bits per heavy atom. The van der Waals surface area contributed by atoms with Crippen molar-refractivity contribution in [3.05, 3.63) is 74.1 Å². The Labute approximate surface area is 119 Å². The lowest BCUT2D eigenvalue weighted by molar-refractivity contribution is -0.384. The fraction of sp³-hybridized carbons (Fsp3) is 0.133. The predicted octanol–water partition coefficient (Wildman–Crippen LogP) is 2.12. The van der Waals surface area contributed by atoms with E-state index in [0.717, 1.165) is 11.1 Å². The van der Waals surface area contributed by atoms with Gasteiger partial charge in [-0.25, -0.2) is 4.68 Å². The number of nitro benzene ring substituents is 1. The minimum atomic E-state index is -0.477. The van der Waals surface area contributed by atoms with E-state index in [4.69, 9.17) is 0 Å². The van der Waals surface area contributed by atoms with Crippen molar-refractivity contribution in [3.8, 4) is 0 Å². The average Bonchev–Trinajstić information content (AvgIpc) is 2.77. The van der Waals surface area contributed by atoms with Crippen molar-refractivity contribution in [1.29, 1.82) is 0 Å². The number of non-ortho nitro benzene ring substituents is 1. The summed E-state index contributed by atoms with van der Waals surface area (Å²) in [7, 11) is 0. The number of benzene rings is 2. The Morgan fingerprint density at radius 3 is 2.33 bits per heavy atom. The van der Waals surface area contributed by atoms with E-state index in [-0.39, 0.29) is 11.2 Å². The minimum Gasteiger partial charge on any atom is -0.277 e. The lowest BCUT2D eigenvalue weighted by Crippen LogP contribution is -2.28. The smallest absolute Gasteiger partial charge is 0.275 e. The third-order valence-electron chi connectivity index (χ3n) is 3.98. The van der Waals surface area contributed by atoms with Crippen LogP contribution in [0.25, 0.3) is 10.9 Å². The van der Waals surface area contributed by atoms with Crippen LogP contribution in [0.1, 0.15) is 11.1 Å². The van der Waals surface area contributed by atoms with Gasteiger partial charge in [0.05, 0.1) is 28.9 Å². The van der Waals surface area contributed by atoms with Crippen LogP contribution in [-0.2, 0) is 13.1 Å². The van der Waals surface area contributed by atoms with Gasteiger partial charge in [0.15, 0.2) is 0 Å². The Bertz CT molecular complexity index is 952. The van der Waals surface area contributed by atoms with Crippen molar-refractivity contribution < 1.29 is 4.92 Å². The van der Waals surface area contributed by atoms with E-state index >= 15 is 0 Å². The number of hydrogen-bond acceptors (Lipinski definition) is 3. The van der Waals surface area contributed by atoms with E-state index in [1.54, 1.807) is 10.7 Å². The molecule has 0 aliphatic carbocycles. The quantitative estimate of drug-likeness (QED) is 0.396. The molecule has 0 bridgehead atoms. The highest BCUT2D eigenvalue weighted by atomic mass is 16.6. The number of hydrogen-bond donors (Lipinski definition) is 0. The molecule has 4 rings (SSSR count). The summed E-state index contributed by atoms with van der Waals surface area (Å²) in [5, 5.41) is 11.3. The third kappa shape index (κ3) is 1.62. The molecule has 0 radical (unpaired) electrons. The van der Waals surface area contributed by atoms with Crippen LogP contribution in [0.15, 0.2) is 47.3 Å². The molecule has 0 amide bonds. The van der Waals surface area contributed by atoms with Crippen LogP contribution >= 0.6 is 0 Å². The maximum atomic E-state index is 12.5. The average molecular weight is 281 g/mol. The molecule has 0 atom stereocenters. The molecule has 0 spiro atoms. The summed E-state index contributed by atoms with van der Waals surface area (Å²) in [6.45, 7) is 1.10. The van der Waals surface area contributed by atoms with Crippen LogP contribution < -0.4 is 5.56 Å². The SMILES string of the molecule is O=c1c2cc([N+](=O)[O-])ccc2n2n1Cc1ccccc1C2. The summed E-state index contributed by atoms with van der Waals surface area (Å²) in [5.41, 5.74) is 2.79. The maximum absolute atomic E-state index is 12.5. The molecule has 21 heavy (non-hydrogen) atoms. The van der Waals surface area contributed by atoms with Gasteiger partial charge in [-0.1, -0.05) is 24.3 Å². The summed E-state index contributed by atoms with van der Waals surface area (Å²) < 4.78 is 3.54. The standard InChI is InChI=1S/C15H11N3O3/c19-15-13-7-12(18(20)21)5-6-14(13)16-8-10-3-1-2-4-11(10)9-17(15)16/h1-7H,8-9H2. The van der Waals surface area contributed by atoms with Gasteiger partial charge in [-0.05, 0) is 17.2 Å². The topological polar surface area (TPSA) is 70.1 Å². The normalized spacial score (nSPS) is 13.0. The summed E-state index contributed by atoms with van der Waals surface area (Å²) >= 11 is 0. The van der Waals surface area contributed by atoms with Gasteiger partial charge in [-0.3, -0.25) is 19.6 Å². The molecule has 1 aliphatic rings. The third-order valence-corrected chi connectivity index (χ3v) is 3.98. The minimum absolute atomic E-state index is 0.0549. The predicted molar refractivity (Wildman–Crippen MR) is 77.5 cm³/mol. The molecule has 0 fully saturated rings. The van der Waals surface area contributed by atoms with Gasteiger partial charge >= 0.3 is 0 Å². The number of rotatable bonds is 1. The van der Waals surface area contributed by atoms with E-state index in [9.17, 15) is 14.9 Å². The van der Waals surface area contributed by atoms with Crippen LogP contribution in [0.4, 0.5) is 5.69 Å². The van der Waals surface area contributed by atoms with Crippen molar-refractivity contribution in [3.63, 3.8) is 0 Å². The molecule has 6 heteroatoms. The second-order valence-electron chi connectivity index (χ2n) is 5.15. The van der Waals surface area contributed by atoms with Gasteiger partial charge in [-0.2, -0.15) is 0 Å². The Balaban J connectivity index is 1.99. The first-order valence-electron chi connectivity index (χ1n) is 6.60. The molecule has 0 saturated carbocycles. The molecule has 2 heterocycles. The van der Waals surface area contributed by atoms with E-state index in [2.05, 4.69) is 0 Å². The van der Waals surface area contributed by atoms with Crippen molar-refractivity contribution in [2.75, 3.05) is 0 Å². The molecule has 1 aliphatic heterocycles. The van der Waals surface area contributed by atoms with E-state index in [0.29, 0.717) is 18.5 Å². The molecular weight excluding hydrogens is 270 g/mol. The highest BCUT2D eigenvalue weighted by molar-refractivity contribution is 5.81. The number of fused-ring (bicyclic) bond motifs is 4. The van der Waals surface area contributed by atoms with Crippen LogP contribution in [0.3, 0.4) is 0 Å². The molecule has 6 nitrogen and oxygen atoms in total. The van der Waals surface area contributed by atoms with E-state index in [1.165, 1.54) is 17.7 Å². The zero-order valence-corrected chi connectivity index (χ0v) is 11.0. The zero-order chi connectivity index (χ0) is 14.6. The molecular formula is C15H11N3O3. The van der Waals surface area contributed by atoms with Crippen LogP contribution in [0.2, 0.25) is 0 Å². The zero-order valence-electron chi connectivity index (χ0n) is 11.0. The monoisotopic (exact) mass is 281 g/mol. The van der Waals surface area contributed by atoms with Crippen molar-refractivity contribution >= 4 is 16.6 Å². The van der Waals surface area contributed by atoms with E-state index < -0.39 is 4.92 Å². The molecule has 104 valence electrons. The summed E-state index contributed by atoms with van der Waals surface area (Å²) in [5.74, 6) is 0. The lowest BCUT2D eigenvalue weighted by Gasteiger charge is -2.21. The highest BCUT2D eigenvalue weighted by Gasteiger charge is 2.21. The van der Waals surface area contributed by atoms with Crippen molar-refractivity contribution in [2.24, 2.45) is 0 Å². The first-order valence-corrected chi connectivity index (χ1v) is 6.60. The second-order valence-corrected chi connectivity index (χ2v) is 5.15. The van der Waals surface area contributed by atoms with Crippen LogP contribution in [-0.4, -0.2) is 14.3 Å². The molecule has 0 saturated heterocycles. The van der Waals surface area contributed by atoms with Gasteiger partial charge in [0.1, 0.15) is 0 Å². The van der Waals surface area contributed by atoms with Crippen molar-refractivity contribution in [1.82, 2.24) is 9.36 Å². The fourth-order valence-electron chi connectivity index (χ4n) is 2.93. The first-order chi connectivity index (χ1) is 10.1. The molecule has 1 aromatic heterocycles. The number of aromatic nitrogens is 2. The summed E-state index contributed by atoms with van der Waals surface area (Å²) in [4.78, 5) is 22.9. The van der Waals surface area contributed by atoms with Crippen LogP contribution in [0.5, 0.6) is 0 Å². The highest BCUT2D eigenvalue weighted by Crippen LogP contribution is 2.24. The fourth-order valence-corrected chi connectivity index (χ4v) is 2.93. The number of nitro groups is 1. The Kier molecular flexibility index (Phi) is 2.29.